The van der Waals surface area contributed by atoms with E-state index in [2.05, 4.69) is 18.0 Å². The zero-order chi connectivity index (χ0) is 26.5. The van der Waals surface area contributed by atoms with Gasteiger partial charge in [-0.2, -0.15) is 5.06 Å². The minimum absolute atomic E-state index is 0.0424. The van der Waals surface area contributed by atoms with Crippen LogP contribution in [0.3, 0.4) is 0 Å². The number of carbonyl (C=O) groups is 2. The summed E-state index contributed by atoms with van der Waals surface area (Å²) in [5.41, 5.74) is 1.94. The largest absolute Gasteiger partial charge is 0.392 e. The Kier molecular flexibility index (Phi) is 10.6. The maximum absolute atomic E-state index is 13.3. The normalized spacial score (nSPS) is 30.9. The number of Topliss-reactive ketones (excluding diaryl/α,β-unsaturated/α-hetero) is 2. The zero-order valence-electron chi connectivity index (χ0n) is 22.7. The Morgan fingerprint density at radius 2 is 1.86 bits per heavy atom. The number of aryl methyl sites for hydroxylation is 1. The second kappa shape index (κ2) is 12.5. The van der Waals surface area contributed by atoms with Gasteiger partial charge in [-0.15, -0.1) is 11.3 Å². The Morgan fingerprint density at radius 1 is 1.20 bits per heavy atom. The van der Waals surface area contributed by atoms with Crippen LogP contribution < -0.4 is 0 Å². The lowest BCUT2D eigenvalue weighted by atomic mass is 9.79. The Balaban J connectivity index is 2.41. The molecule has 0 spiro atoms. The van der Waals surface area contributed by atoms with Crippen LogP contribution in [0.5, 0.6) is 0 Å². The fourth-order valence-corrected chi connectivity index (χ4v) is 5.49. The van der Waals surface area contributed by atoms with Crippen molar-refractivity contribution in [3.8, 4) is 0 Å². The molecule has 2 rings (SSSR count). The van der Waals surface area contributed by atoms with Gasteiger partial charge in [0.15, 0.2) is 11.6 Å². The summed E-state index contributed by atoms with van der Waals surface area (Å²) in [5.74, 6) is -1.48. The number of aliphatic hydroxyl groups is 1. The van der Waals surface area contributed by atoms with Gasteiger partial charge in [0.1, 0.15) is 0 Å². The van der Waals surface area contributed by atoms with Crippen molar-refractivity contribution >= 4 is 29.0 Å². The van der Waals surface area contributed by atoms with Crippen LogP contribution in [0, 0.1) is 30.6 Å². The van der Waals surface area contributed by atoms with Crippen molar-refractivity contribution in [2.24, 2.45) is 23.7 Å². The van der Waals surface area contributed by atoms with Crippen molar-refractivity contribution in [3.63, 3.8) is 0 Å². The molecule has 2 N–H and O–H groups in total. The minimum Gasteiger partial charge on any atom is -0.392 e. The molecule has 1 aromatic rings. The number of aliphatic hydroxyl groups excluding tert-OH is 1. The third kappa shape index (κ3) is 7.66. The first-order valence-electron chi connectivity index (χ1n) is 12.7. The van der Waals surface area contributed by atoms with Crippen molar-refractivity contribution in [1.29, 1.82) is 0 Å². The summed E-state index contributed by atoms with van der Waals surface area (Å²) in [6, 6.07) is 0. The quantitative estimate of drug-likeness (QED) is 0.490. The summed E-state index contributed by atoms with van der Waals surface area (Å²) in [6.07, 6.45) is 6.84. The maximum Gasteiger partial charge on any atom is 0.160 e. The van der Waals surface area contributed by atoms with Crippen molar-refractivity contribution in [2.75, 3.05) is 6.54 Å². The number of hydrogen-bond donors (Lipinski definition) is 2. The average molecular weight is 505 g/mol. The van der Waals surface area contributed by atoms with Crippen LogP contribution in [0.4, 0.5) is 0 Å². The maximum atomic E-state index is 13.3. The molecular weight excluding hydrogens is 460 g/mol. The number of nitrogens with zero attached hydrogens (tertiary/aromatic N) is 2. The van der Waals surface area contributed by atoms with Gasteiger partial charge in [-0.1, -0.05) is 38.0 Å². The smallest absolute Gasteiger partial charge is 0.160 e. The molecule has 0 aromatic carbocycles. The van der Waals surface area contributed by atoms with E-state index in [0.29, 0.717) is 6.42 Å². The predicted octanol–water partition coefficient (Wildman–Crippen LogP) is 5.87. The number of aromatic nitrogens is 1. The van der Waals surface area contributed by atoms with E-state index in [1.54, 1.807) is 32.1 Å². The van der Waals surface area contributed by atoms with Crippen molar-refractivity contribution in [3.05, 3.63) is 33.3 Å². The number of carbonyl (C=O) groups excluding carboxylic acids is 2. The van der Waals surface area contributed by atoms with Crippen LogP contribution >= 0.6 is 11.3 Å². The predicted molar refractivity (Wildman–Crippen MR) is 142 cm³/mol. The molecule has 0 saturated carbocycles. The molecule has 0 fully saturated rings. The second-order valence-electron chi connectivity index (χ2n) is 11.0. The van der Waals surface area contributed by atoms with Crippen molar-refractivity contribution in [1.82, 2.24) is 10.0 Å². The Labute approximate surface area is 215 Å². The summed E-state index contributed by atoms with van der Waals surface area (Å²) in [7, 11) is 0. The first-order valence-corrected chi connectivity index (χ1v) is 13.6. The Bertz CT molecular complexity index is 949. The van der Waals surface area contributed by atoms with E-state index < -0.39 is 17.6 Å². The SMILES string of the molecule is CC1=CCC(C(C)=Cc2csc(C)n2)C(C)C(=O)CN(O)C(C)(C)C(=O)C(C)C(O)C(C)CCC1. The van der Waals surface area contributed by atoms with Crippen LogP contribution in [-0.4, -0.2) is 50.1 Å². The first kappa shape index (κ1) is 29.6. The van der Waals surface area contributed by atoms with Gasteiger partial charge in [-0.3, -0.25) is 9.59 Å². The number of ketones is 2. The van der Waals surface area contributed by atoms with Gasteiger partial charge in [0.05, 0.1) is 28.9 Å². The zero-order valence-corrected chi connectivity index (χ0v) is 23.5. The molecule has 35 heavy (non-hydrogen) atoms. The molecule has 2 heterocycles. The van der Waals surface area contributed by atoms with Gasteiger partial charge < -0.3 is 10.3 Å². The van der Waals surface area contributed by atoms with Gasteiger partial charge in [-0.05, 0) is 78.2 Å². The van der Waals surface area contributed by atoms with Crippen LogP contribution in [0.2, 0.25) is 0 Å². The second-order valence-corrected chi connectivity index (χ2v) is 12.0. The molecule has 7 heteroatoms. The molecule has 0 amide bonds. The monoisotopic (exact) mass is 504 g/mol. The van der Waals surface area contributed by atoms with Gasteiger partial charge in [0.2, 0.25) is 0 Å². The summed E-state index contributed by atoms with van der Waals surface area (Å²) >= 11 is 1.60. The van der Waals surface area contributed by atoms with E-state index in [1.807, 2.05) is 39.2 Å². The Morgan fingerprint density at radius 3 is 2.46 bits per heavy atom. The van der Waals surface area contributed by atoms with Crippen molar-refractivity contribution in [2.45, 2.75) is 92.7 Å². The Hall–Kier alpha value is -1.67. The lowest BCUT2D eigenvalue weighted by Crippen LogP contribution is -2.54. The highest BCUT2D eigenvalue weighted by atomic mass is 32.1. The standard InChI is InChI=1S/C28H44N2O4S/c1-17-10-9-11-18(2)26(32)21(5)27(33)28(7,8)30(34)15-25(31)20(4)24(13-12-17)19(3)14-23-16-35-22(6)29-23/h12,14,16,18,20-21,24,26,32,34H,9-11,13,15H2,1-8H3. The summed E-state index contributed by atoms with van der Waals surface area (Å²) in [4.78, 5) is 31.1. The number of thiazole rings is 1. The molecule has 6 nitrogen and oxygen atoms in total. The minimum atomic E-state index is -1.29. The van der Waals surface area contributed by atoms with E-state index in [0.717, 1.165) is 40.6 Å². The first-order chi connectivity index (χ1) is 16.2. The molecule has 1 aliphatic rings. The van der Waals surface area contributed by atoms with Crippen LogP contribution in [-0.2, 0) is 9.59 Å². The van der Waals surface area contributed by atoms with Gasteiger partial charge in [-0.25, -0.2) is 4.98 Å². The molecule has 0 bridgehead atoms. The number of rotatable bonds is 2. The van der Waals surface area contributed by atoms with Gasteiger partial charge in [0, 0.05) is 17.2 Å². The fourth-order valence-electron chi connectivity index (χ4n) is 4.92. The average Bonchev–Trinajstić information content (AvgIpc) is 3.20. The van der Waals surface area contributed by atoms with Crippen molar-refractivity contribution < 1.29 is 19.9 Å². The number of hydroxylamine groups is 2. The molecule has 0 radical (unpaired) electrons. The van der Waals surface area contributed by atoms with E-state index in [-0.39, 0.29) is 35.9 Å². The lowest BCUT2D eigenvalue weighted by molar-refractivity contribution is -0.183. The summed E-state index contributed by atoms with van der Waals surface area (Å²) < 4.78 is 0. The molecule has 1 aromatic heterocycles. The third-order valence-corrected chi connectivity index (χ3v) is 8.51. The van der Waals surface area contributed by atoms with E-state index in [4.69, 9.17) is 0 Å². The highest BCUT2D eigenvalue weighted by Crippen LogP contribution is 2.31. The van der Waals surface area contributed by atoms with E-state index in [1.165, 1.54) is 5.57 Å². The fraction of sp³-hybridized carbons (Fsp3) is 0.679. The molecule has 0 saturated heterocycles. The summed E-state index contributed by atoms with van der Waals surface area (Å²) in [6.45, 7) is 14.7. The van der Waals surface area contributed by atoms with E-state index >= 15 is 0 Å². The van der Waals surface area contributed by atoms with Crippen LogP contribution in [0.15, 0.2) is 22.6 Å². The molecular formula is C28H44N2O4S. The van der Waals surface area contributed by atoms with E-state index in [9.17, 15) is 19.9 Å². The van der Waals surface area contributed by atoms with Crippen LogP contribution in [0.1, 0.15) is 84.9 Å². The molecule has 5 unspecified atom stereocenters. The highest BCUT2D eigenvalue weighted by molar-refractivity contribution is 7.09. The number of allylic oxidation sites excluding steroid dienone is 3. The topological polar surface area (TPSA) is 90.7 Å². The molecule has 1 aliphatic heterocycles. The van der Waals surface area contributed by atoms with Gasteiger partial charge >= 0.3 is 0 Å². The number of hydrogen-bond acceptors (Lipinski definition) is 7. The lowest BCUT2D eigenvalue weighted by Gasteiger charge is -2.36. The summed E-state index contributed by atoms with van der Waals surface area (Å²) in [5, 5.41) is 25.5. The highest BCUT2D eigenvalue weighted by Gasteiger charge is 2.41. The molecule has 196 valence electrons. The molecule has 5 atom stereocenters. The van der Waals surface area contributed by atoms with Gasteiger partial charge in [0.25, 0.3) is 0 Å². The third-order valence-electron chi connectivity index (χ3n) is 7.72. The van der Waals surface area contributed by atoms with Crippen LogP contribution in [0.25, 0.3) is 6.08 Å². The molecule has 0 aliphatic carbocycles.